The summed E-state index contributed by atoms with van der Waals surface area (Å²) >= 11 is 3.49. The first kappa shape index (κ1) is 19.5. The molecule has 2 aromatic heterocycles. The molecule has 4 heteroatoms. The topological polar surface area (TPSA) is 43.1 Å². The van der Waals surface area contributed by atoms with Crippen LogP contribution in [0.5, 0.6) is 0 Å². The Morgan fingerprint density at radius 2 is 1.48 bits per heavy atom. The summed E-state index contributed by atoms with van der Waals surface area (Å²) in [4.78, 5) is 17.7. The molecule has 3 aromatic carbocycles. The first-order chi connectivity index (χ1) is 15.1. The monoisotopic (exact) mass is 467 g/mol. The van der Waals surface area contributed by atoms with Crippen LogP contribution in [-0.4, -0.2) is 4.98 Å². The quantitative estimate of drug-likeness (QED) is 0.262. The first-order valence-electron chi connectivity index (χ1n) is 9.95. The number of pyridine rings is 1. The van der Waals surface area contributed by atoms with Gasteiger partial charge in [0.1, 0.15) is 5.58 Å². The van der Waals surface area contributed by atoms with Crippen LogP contribution in [0.1, 0.15) is 5.56 Å². The van der Waals surface area contributed by atoms with Crippen LogP contribution in [0.15, 0.2) is 105 Å². The van der Waals surface area contributed by atoms with E-state index in [1.54, 1.807) is 6.07 Å². The molecular formula is C27H18BrNO2. The highest BCUT2D eigenvalue weighted by atomic mass is 79.9. The molecule has 0 N–H and O–H groups in total. The summed E-state index contributed by atoms with van der Waals surface area (Å²) in [5.41, 5.74) is 6.24. The second kappa shape index (κ2) is 7.97. The van der Waals surface area contributed by atoms with Crippen LogP contribution < -0.4 is 5.63 Å². The summed E-state index contributed by atoms with van der Waals surface area (Å²) in [6.45, 7) is 2.07. The maximum absolute atomic E-state index is 12.8. The fourth-order valence-electron chi connectivity index (χ4n) is 3.61. The van der Waals surface area contributed by atoms with Crippen molar-refractivity contribution in [1.29, 1.82) is 0 Å². The van der Waals surface area contributed by atoms with Crippen LogP contribution in [0, 0.1) is 6.92 Å². The predicted octanol–water partition coefficient (Wildman–Crippen LogP) is 7.26. The van der Waals surface area contributed by atoms with Crippen LogP contribution >= 0.6 is 15.9 Å². The summed E-state index contributed by atoms with van der Waals surface area (Å²) in [6, 6.07) is 29.8. The summed E-state index contributed by atoms with van der Waals surface area (Å²) in [5.74, 6) is 0. The van der Waals surface area contributed by atoms with E-state index in [2.05, 4.69) is 53.2 Å². The van der Waals surface area contributed by atoms with Crippen molar-refractivity contribution < 1.29 is 4.42 Å². The van der Waals surface area contributed by atoms with Gasteiger partial charge in [-0.15, -0.1) is 0 Å². The van der Waals surface area contributed by atoms with E-state index in [1.165, 1.54) is 5.56 Å². The molecule has 0 amide bonds. The van der Waals surface area contributed by atoms with Crippen molar-refractivity contribution in [2.24, 2.45) is 0 Å². The molecule has 0 aliphatic carbocycles. The molecular weight excluding hydrogens is 450 g/mol. The van der Waals surface area contributed by atoms with Crippen molar-refractivity contribution in [2.75, 3.05) is 0 Å². The molecule has 0 unspecified atom stereocenters. The molecule has 0 spiro atoms. The highest BCUT2D eigenvalue weighted by Gasteiger charge is 2.14. The third kappa shape index (κ3) is 3.94. The molecule has 2 heterocycles. The first-order valence-corrected chi connectivity index (χ1v) is 10.7. The number of benzene rings is 3. The highest BCUT2D eigenvalue weighted by Crippen LogP contribution is 2.30. The Bertz CT molecular complexity index is 1460. The minimum Gasteiger partial charge on any atom is -0.422 e. The Morgan fingerprint density at radius 3 is 2.26 bits per heavy atom. The number of nitrogens with zero attached hydrogens (tertiary/aromatic N) is 1. The van der Waals surface area contributed by atoms with Gasteiger partial charge in [-0.3, -0.25) is 0 Å². The normalized spacial score (nSPS) is 11.0. The Morgan fingerprint density at radius 1 is 0.742 bits per heavy atom. The van der Waals surface area contributed by atoms with Crippen molar-refractivity contribution in [3.8, 4) is 33.6 Å². The summed E-state index contributed by atoms with van der Waals surface area (Å²) < 4.78 is 6.52. The Hall–Kier alpha value is -3.50. The molecule has 0 bridgehead atoms. The van der Waals surface area contributed by atoms with Crippen LogP contribution in [0.25, 0.3) is 44.6 Å². The zero-order valence-corrected chi connectivity index (χ0v) is 18.4. The zero-order valence-electron chi connectivity index (χ0n) is 16.8. The molecule has 0 saturated carbocycles. The highest BCUT2D eigenvalue weighted by molar-refractivity contribution is 9.10. The predicted molar refractivity (Wildman–Crippen MR) is 129 cm³/mol. The SMILES string of the molecule is Cc1ccc(-c2cc(-c3ccccc3)nc(-c3cc4cc(Br)ccc4oc3=O)c2)cc1. The van der Waals surface area contributed by atoms with E-state index < -0.39 is 5.63 Å². The lowest BCUT2D eigenvalue weighted by molar-refractivity contribution is 0.563. The molecule has 150 valence electrons. The van der Waals surface area contributed by atoms with Gasteiger partial charge < -0.3 is 4.42 Å². The second-order valence-electron chi connectivity index (χ2n) is 7.49. The van der Waals surface area contributed by atoms with Crippen molar-refractivity contribution in [1.82, 2.24) is 4.98 Å². The average molecular weight is 468 g/mol. The molecule has 0 aliphatic heterocycles. The minimum atomic E-state index is -0.401. The minimum absolute atomic E-state index is 0.401. The maximum atomic E-state index is 12.8. The zero-order chi connectivity index (χ0) is 21.4. The molecule has 0 saturated heterocycles. The third-order valence-corrected chi connectivity index (χ3v) is 5.74. The standard InChI is InChI=1S/C27H18BrNO2/c1-17-7-9-18(10-8-17)20-15-24(19-5-3-2-4-6-19)29-25(16-20)23-14-21-13-22(28)11-12-26(21)31-27(23)30/h2-16H,1H3. The van der Waals surface area contributed by atoms with Gasteiger partial charge in [0.2, 0.25) is 0 Å². The van der Waals surface area contributed by atoms with Gasteiger partial charge in [-0.1, -0.05) is 76.1 Å². The van der Waals surface area contributed by atoms with E-state index >= 15 is 0 Å². The summed E-state index contributed by atoms with van der Waals surface area (Å²) in [5, 5.41) is 0.841. The molecule has 0 atom stereocenters. The van der Waals surface area contributed by atoms with E-state index in [0.717, 1.165) is 32.2 Å². The van der Waals surface area contributed by atoms with E-state index in [-0.39, 0.29) is 0 Å². The number of hydrogen-bond donors (Lipinski definition) is 0. The van der Waals surface area contributed by atoms with Gasteiger partial charge in [-0.25, -0.2) is 9.78 Å². The van der Waals surface area contributed by atoms with Gasteiger partial charge in [0, 0.05) is 15.4 Å². The van der Waals surface area contributed by atoms with Crippen molar-refractivity contribution >= 4 is 26.9 Å². The molecule has 0 fully saturated rings. The number of rotatable bonds is 3. The molecule has 5 rings (SSSR count). The van der Waals surface area contributed by atoms with Gasteiger partial charge in [-0.2, -0.15) is 0 Å². The van der Waals surface area contributed by atoms with Crippen LogP contribution in [0.3, 0.4) is 0 Å². The van der Waals surface area contributed by atoms with Gasteiger partial charge >= 0.3 is 5.63 Å². The average Bonchev–Trinajstić information content (AvgIpc) is 2.79. The number of halogens is 1. The molecule has 0 aliphatic rings. The lowest BCUT2D eigenvalue weighted by Gasteiger charge is -2.10. The molecule has 5 aromatic rings. The van der Waals surface area contributed by atoms with Gasteiger partial charge in [0.25, 0.3) is 0 Å². The van der Waals surface area contributed by atoms with E-state index in [1.807, 2.05) is 54.6 Å². The van der Waals surface area contributed by atoms with E-state index in [9.17, 15) is 4.79 Å². The smallest absolute Gasteiger partial charge is 0.345 e. The molecule has 31 heavy (non-hydrogen) atoms. The Balaban J connectivity index is 1.75. The fraction of sp³-hybridized carbons (Fsp3) is 0.0370. The largest absolute Gasteiger partial charge is 0.422 e. The maximum Gasteiger partial charge on any atom is 0.345 e. The van der Waals surface area contributed by atoms with E-state index in [0.29, 0.717) is 16.8 Å². The van der Waals surface area contributed by atoms with Crippen LogP contribution in [-0.2, 0) is 0 Å². The fourth-order valence-corrected chi connectivity index (χ4v) is 3.99. The molecule has 0 radical (unpaired) electrons. The summed E-state index contributed by atoms with van der Waals surface area (Å²) in [6.07, 6.45) is 0. The van der Waals surface area contributed by atoms with Crippen molar-refractivity contribution in [3.63, 3.8) is 0 Å². The summed E-state index contributed by atoms with van der Waals surface area (Å²) in [7, 11) is 0. The van der Waals surface area contributed by atoms with Gasteiger partial charge in [0.15, 0.2) is 0 Å². The van der Waals surface area contributed by atoms with Crippen LogP contribution in [0.2, 0.25) is 0 Å². The van der Waals surface area contributed by atoms with Gasteiger partial charge in [-0.05, 0) is 54.4 Å². The number of fused-ring (bicyclic) bond motifs is 1. The second-order valence-corrected chi connectivity index (χ2v) is 8.40. The van der Waals surface area contributed by atoms with Crippen molar-refractivity contribution in [2.45, 2.75) is 6.92 Å². The number of aryl methyl sites for hydroxylation is 1. The number of hydrogen-bond acceptors (Lipinski definition) is 3. The number of aromatic nitrogens is 1. The van der Waals surface area contributed by atoms with Crippen molar-refractivity contribution in [3.05, 3.63) is 111 Å². The lowest BCUT2D eigenvalue weighted by Crippen LogP contribution is -2.04. The Kier molecular flexibility index (Phi) is 5.00. The van der Waals surface area contributed by atoms with E-state index in [4.69, 9.17) is 9.40 Å². The molecule has 3 nitrogen and oxygen atoms in total. The Labute approximate surface area is 188 Å². The third-order valence-electron chi connectivity index (χ3n) is 5.25. The van der Waals surface area contributed by atoms with Crippen LogP contribution in [0.4, 0.5) is 0 Å². The van der Waals surface area contributed by atoms with Gasteiger partial charge in [0.05, 0.1) is 17.0 Å². The lowest BCUT2D eigenvalue weighted by atomic mass is 9.99.